The number of rotatable bonds is 7. The smallest absolute Gasteiger partial charge is 0.184 e. The summed E-state index contributed by atoms with van der Waals surface area (Å²) < 4.78 is 39.1. The van der Waals surface area contributed by atoms with Crippen molar-refractivity contribution >= 4 is 9.84 Å². The van der Waals surface area contributed by atoms with Gasteiger partial charge in [-0.15, -0.1) is 0 Å². The van der Waals surface area contributed by atoms with Crippen molar-refractivity contribution in [3.63, 3.8) is 0 Å². The Kier molecular flexibility index (Phi) is 6.43. The Bertz CT molecular complexity index is 999. The van der Waals surface area contributed by atoms with Gasteiger partial charge in [0, 0.05) is 19.1 Å². The zero-order chi connectivity index (χ0) is 22.2. The lowest BCUT2D eigenvalue weighted by Crippen LogP contribution is -2.42. The first-order valence-corrected chi connectivity index (χ1v) is 11.6. The molecular formula is C22H32N2O5S. The average molecular weight is 437 g/mol. The number of sulfone groups is 1. The van der Waals surface area contributed by atoms with Crippen LogP contribution in [0.4, 0.5) is 0 Å². The molecule has 7 nitrogen and oxygen atoms in total. The van der Waals surface area contributed by atoms with Gasteiger partial charge in [-0.1, -0.05) is 26.0 Å². The van der Waals surface area contributed by atoms with Gasteiger partial charge < -0.3 is 14.6 Å². The van der Waals surface area contributed by atoms with Gasteiger partial charge in [0.1, 0.15) is 12.8 Å². The normalized spacial score (nSPS) is 22.9. The summed E-state index contributed by atoms with van der Waals surface area (Å²) in [4.78, 5) is 0.346. The molecule has 0 aliphatic carbocycles. The number of hydrogen-bond acceptors (Lipinski definition) is 6. The minimum absolute atomic E-state index is 0.0542. The molecule has 2 atom stereocenters. The first kappa shape index (κ1) is 22.9. The summed E-state index contributed by atoms with van der Waals surface area (Å²) in [5.74, 6) is 0. The maximum Gasteiger partial charge on any atom is 0.184 e. The highest BCUT2D eigenvalue weighted by atomic mass is 32.2. The quantitative estimate of drug-likeness (QED) is 0.717. The number of aliphatic hydroxyl groups excluding tert-OH is 1. The van der Waals surface area contributed by atoms with Gasteiger partial charge in [-0.2, -0.15) is 5.10 Å². The highest BCUT2D eigenvalue weighted by Gasteiger charge is 2.46. The fourth-order valence-electron chi connectivity index (χ4n) is 3.80. The minimum Gasteiger partial charge on any atom is -0.395 e. The maximum absolute atomic E-state index is 13.5. The number of benzene rings is 1. The molecule has 0 amide bonds. The van der Waals surface area contributed by atoms with E-state index in [0.717, 1.165) is 17.0 Å². The van der Waals surface area contributed by atoms with E-state index in [2.05, 4.69) is 5.10 Å². The second-order valence-electron chi connectivity index (χ2n) is 9.00. The van der Waals surface area contributed by atoms with E-state index in [4.69, 9.17) is 9.47 Å². The van der Waals surface area contributed by atoms with Crippen LogP contribution < -0.4 is 0 Å². The van der Waals surface area contributed by atoms with Gasteiger partial charge in [-0.3, -0.25) is 0 Å². The monoisotopic (exact) mass is 436 g/mol. The van der Waals surface area contributed by atoms with Crippen molar-refractivity contribution in [3.8, 4) is 0 Å². The molecule has 0 saturated carbocycles. The molecule has 1 aliphatic heterocycles. The van der Waals surface area contributed by atoms with Crippen molar-refractivity contribution in [2.45, 2.75) is 68.4 Å². The molecule has 0 radical (unpaired) electrons. The Morgan fingerprint density at radius 2 is 2.10 bits per heavy atom. The van der Waals surface area contributed by atoms with E-state index in [1.165, 1.54) is 0 Å². The molecule has 2 heterocycles. The van der Waals surface area contributed by atoms with Gasteiger partial charge in [-0.05, 0) is 50.5 Å². The standard InChI is InChI=1S/C22H32N2O5S/c1-16-7-6-8-17(11-16)30(26,27)22(4)9-10-29-19(13-22)18-12-20(21(2,3)14-25)23-24(18)15-28-5/h6-8,11-12,19,25H,9-10,13-15H2,1-5H3. The predicted molar refractivity (Wildman–Crippen MR) is 114 cm³/mol. The molecule has 0 spiro atoms. The second kappa shape index (κ2) is 8.42. The molecule has 1 fully saturated rings. The van der Waals surface area contributed by atoms with Crippen LogP contribution in [0.25, 0.3) is 0 Å². The van der Waals surface area contributed by atoms with Crippen molar-refractivity contribution in [2.24, 2.45) is 0 Å². The largest absolute Gasteiger partial charge is 0.395 e. The van der Waals surface area contributed by atoms with Gasteiger partial charge in [0.15, 0.2) is 9.84 Å². The van der Waals surface area contributed by atoms with Gasteiger partial charge in [0.05, 0.1) is 27.6 Å². The summed E-state index contributed by atoms with van der Waals surface area (Å²) in [5.41, 5.74) is 1.87. The van der Waals surface area contributed by atoms with Crippen LogP contribution in [-0.2, 0) is 31.5 Å². The molecular weight excluding hydrogens is 404 g/mol. The fourth-order valence-corrected chi connectivity index (χ4v) is 5.69. The zero-order valence-corrected chi connectivity index (χ0v) is 19.2. The van der Waals surface area contributed by atoms with Gasteiger partial charge in [0.2, 0.25) is 0 Å². The molecule has 2 unspecified atom stereocenters. The van der Waals surface area contributed by atoms with Crippen LogP contribution in [0.1, 0.15) is 56.7 Å². The van der Waals surface area contributed by atoms with Crippen LogP contribution >= 0.6 is 0 Å². The first-order chi connectivity index (χ1) is 14.0. The highest BCUT2D eigenvalue weighted by Crippen LogP contribution is 2.42. The number of nitrogens with zero attached hydrogens (tertiary/aromatic N) is 2. The number of hydrogen-bond donors (Lipinski definition) is 1. The van der Waals surface area contributed by atoms with Crippen LogP contribution in [0.5, 0.6) is 0 Å². The second-order valence-corrected chi connectivity index (χ2v) is 11.5. The Labute approximate surface area is 178 Å². The molecule has 8 heteroatoms. The summed E-state index contributed by atoms with van der Waals surface area (Å²) in [5, 5.41) is 14.3. The fraction of sp³-hybridized carbons (Fsp3) is 0.591. The number of aryl methyl sites for hydroxylation is 1. The summed E-state index contributed by atoms with van der Waals surface area (Å²) >= 11 is 0. The van der Waals surface area contributed by atoms with Crippen LogP contribution in [0, 0.1) is 6.92 Å². The lowest BCUT2D eigenvalue weighted by molar-refractivity contribution is -0.00919. The predicted octanol–water partition coefficient (Wildman–Crippen LogP) is 3.15. The zero-order valence-electron chi connectivity index (χ0n) is 18.4. The summed E-state index contributed by atoms with van der Waals surface area (Å²) in [6.45, 7) is 8.01. The first-order valence-electron chi connectivity index (χ1n) is 10.1. The molecule has 1 aromatic carbocycles. The molecule has 0 bridgehead atoms. The maximum atomic E-state index is 13.5. The number of aromatic nitrogens is 2. The number of aliphatic hydroxyl groups is 1. The molecule has 2 aromatic rings. The average Bonchev–Trinajstić information content (AvgIpc) is 3.13. The van der Waals surface area contributed by atoms with E-state index < -0.39 is 26.1 Å². The van der Waals surface area contributed by atoms with Crippen molar-refractivity contribution < 1.29 is 23.0 Å². The van der Waals surface area contributed by atoms with Gasteiger partial charge in [-0.25, -0.2) is 13.1 Å². The topological polar surface area (TPSA) is 90.6 Å². The number of methoxy groups -OCH3 is 1. The van der Waals surface area contributed by atoms with E-state index in [1.54, 1.807) is 36.9 Å². The van der Waals surface area contributed by atoms with Gasteiger partial charge >= 0.3 is 0 Å². The summed E-state index contributed by atoms with van der Waals surface area (Å²) in [6.07, 6.45) is 0.305. The lowest BCUT2D eigenvalue weighted by atomic mass is 9.89. The molecule has 166 valence electrons. The van der Waals surface area contributed by atoms with E-state index in [-0.39, 0.29) is 13.3 Å². The Balaban J connectivity index is 1.98. The SMILES string of the molecule is COCn1nc(C(C)(C)CO)cc1C1CC(C)(S(=O)(=O)c2cccc(C)c2)CCO1. The molecule has 1 N–H and O–H groups in total. The van der Waals surface area contributed by atoms with E-state index >= 15 is 0 Å². The van der Waals surface area contributed by atoms with Gasteiger partial charge in [0.25, 0.3) is 0 Å². The molecule has 3 rings (SSSR count). The van der Waals surface area contributed by atoms with Crippen LogP contribution in [0.2, 0.25) is 0 Å². The third-order valence-corrected chi connectivity index (χ3v) is 8.54. The lowest BCUT2D eigenvalue weighted by Gasteiger charge is -2.37. The Morgan fingerprint density at radius 1 is 1.37 bits per heavy atom. The van der Waals surface area contributed by atoms with E-state index in [9.17, 15) is 13.5 Å². The van der Waals surface area contributed by atoms with Crippen LogP contribution in [0.3, 0.4) is 0 Å². The van der Waals surface area contributed by atoms with Crippen molar-refractivity contribution in [1.29, 1.82) is 0 Å². The summed E-state index contributed by atoms with van der Waals surface area (Å²) in [6, 6.07) is 8.95. The Hall–Kier alpha value is -1.74. The van der Waals surface area contributed by atoms with Crippen LogP contribution in [0.15, 0.2) is 35.2 Å². The third-order valence-electron chi connectivity index (χ3n) is 6.00. The molecule has 1 saturated heterocycles. The van der Waals surface area contributed by atoms with Crippen LogP contribution in [-0.4, -0.2) is 48.4 Å². The minimum atomic E-state index is -3.56. The molecule has 1 aromatic heterocycles. The van der Waals surface area contributed by atoms with Crippen molar-refractivity contribution in [3.05, 3.63) is 47.3 Å². The number of ether oxygens (including phenoxy) is 2. The van der Waals surface area contributed by atoms with Crippen molar-refractivity contribution in [2.75, 3.05) is 20.3 Å². The molecule has 1 aliphatic rings. The third kappa shape index (κ3) is 4.19. The van der Waals surface area contributed by atoms with Crippen molar-refractivity contribution in [1.82, 2.24) is 9.78 Å². The molecule has 30 heavy (non-hydrogen) atoms. The Morgan fingerprint density at radius 3 is 2.73 bits per heavy atom. The van der Waals surface area contributed by atoms with E-state index in [0.29, 0.717) is 24.3 Å². The highest BCUT2D eigenvalue weighted by molar-refractivity contribution is 7.92. The summed E-state index contributed by atoms with van der Waals surface area (Å²) in [7, 11) is -1.98. The van der Waals surface area contributed by atoms with E-state index in [1.807, 2.05) is 32.9 Å².